The van der Waals surface area contributed by atoms with Gasteiger partial charge in [0.05, 0.1) is 17.2 Å². The van der Waals surface area contributed by atoms with Gasteiger partial charge in [0, 0.05) is 0 Å². The average Bonchev–Trinajstić information content (AvgIpc) is 3.29. The molecule has 8 heteroatoms. The summed E-state index contributed by atoms with van der Waals surface area (Å²) < 4.78 is 13.4. The molecule has 1 aromatic carbocycles. The molecule has 1 aliphatic carbocycles. The third-order valence-electron chi connectivity index (χ3n) is 6.13. The maximum absolute atomic E-state index is 12.8. The summed E-state index contributed by atoms with van der Waals surface area (Å²) in [5.74, 6) is 0.115. The van der Waals surface area contributed by atoms with Crippen molar-refractivity contribution in [1.29, 1.82) is 5.26 Å². The van der Waals surface area contributed by atoms with Gasteiger partial charge in [-0.1, -0.05) is 30.3 Å². The molecule has 2 aromatic heterocycles. The van der Waals surface area contributed by atoms with Crippen molar-refractivity contribution in [3.8, 4) is 6.07 Å². The van der Waals surface area contributed by atoms with Crippen LogP contribution in [0.3, 0.4) is 0 Å². The minimum absolute atomic E-state index is 0.122. The summed E-state index contributed by atoms with van der Waals surface area (Å²) in [7, 11) is 0. The highest BCUT2D eigenvalue weighted by atomic mass is 16.6. The highest BCUT2D eigenvalue weighted by Gasteiger charge is 2.53. The lowest BCUT2D eigenvalue weighted by atomic mass is 9.96. The minimum atomic E-state index is -1.17. The molecule has 3 heterocycles. The quantitative estimate of drug-likeness (QED) is 0.651. The summed E-state index contributed by atoms with van der Waals surface area (Å²) in [6.07, 6.45) is 3.66. The second-order valence-corrected chi connectivity index (χ2v) is 7.92. The number of carbonyl (C=O) groups is 1. The summed E-state index contributed by atoms with van der Waals surface area (Å²) in [5, 5.41) is 14.2. The number of benzene rings is 1. The van der Waals surface area contributed by atoms with E-state index in [4.69, 9.17) is 15.2 Å². The molecule has 1 saturated carbocycles. The van der Waals surface area contributed by atoms with Crippen LogP contribution in [0.4, 0.5) is 5.82 Å². The Kier molecular flexibility index (Phi) is 4.22. The van der Waals surface area contributed by atoms with Gasteiger partial charge in [-0.2, -0.15) is 10.4 Å². The molecule has 0 spiro atoms. The number of nitriles is 1. The zero-order valence-corrected chi connectivity index (χ0v) is 16.3. The van der Waals surface area contributed by atoms with Crippen LogP contribution in [0.2, 0.25) is 0 Å². The molecule has 0 radical (unpaired) electrons. The second kappa shape index (κ2) is 6.82. The van der Waals surface area contributed by atoms with Crippen molar-refractivity contribution in [1.82, 2.24) is 14.6 Å². The molecule has 152 valence electrons. The van der Waals surface area contributed by atoms with Crippen LogP contribution in [-0.2, 0) is 25.3 Å². The maximum atomic E-state index is 12.8. The van der Waals surface area contributed by atoms with Crippen LogP contribution in [0, 0.1) is 11.3 Å². The lowest BCUT2D eigenvalue weighted by molar-refractivity contribution is -0.152. The van der Waals surface area contributed by atoms with E-state index in [1.807, 2.05) is 30.3 Å². The van der Waals surface area contributed by atoms with Crippen LogP contribution >= 0.6 is 0 Å². The van der Waals surface area contributed by atoms with Crippen molar-refractivity contribution in [2.24, 2.45) is 0 Å². The zero-order chi connectivity index (χ0) is 20.8. The monoisotopic (exact) mass is 403 g/mol. The SMILES string of the molecule is N#CC1(c2ccc3c(N)ncnn23)CCC(COC(=O)C2(c3ccccc3)CC2)O1. The predicted octanol–water partition coefficient (Wildman–Crippen LogP) is 2.48. The number of carbonyl (C=O) groups excluding carboxylic acids is 1. The average molecular weight is 403 g/mol. The molecule has 2 N–H and O–H groups in total. The Morgan fingerprint density at radius 1 is 1.27 bits per heavy atom. The summed E-state index contributed by atoms with van der Waals surface area (Å²) in [6.45, 7) is 0.122. The van der Waals surface area contributed by atoms with Gasteiger partial charge in [0.1, 0.15) is 24.5 Å². The Labute approximate surface area is 173 Å². The van der Waals surface area contributed by atoms with Crippen LogP contribution in [0.1, 0.15) is 36.9 Å². The van der Waals surface area contributed by atoms with E-state index in [-0.39, 0.29) is 18.7 Å². The smallest absolute Gasteiger partial charge is 0.316 e. The van der Waals surface area contributed by atoms with Crippen LogP contribution in [0.25, 0.3) is 5.52 Å². The van der Waals surface area contributed by atoms with E-state index >= 15 is 0 Å². The first-order valence-corrected chi connectivity index (χ1v) is 9.98. The van der Waals surface area contributed by atoms with Crippen molar-refractivity contribution in [2.45, 2.75) is 42.8 Å². The first-order chi connectivity index (χ1) is 14.6. The first kappa shape index (κ1) is 18.6. The zero-order valence-electron chi connectivity index (χ0n) is 16.3. The Balaban J connectivity index is 1.30. The number of nitrogens with two attached hydrogens (primary N) is 1. The molecule has 2 unspecified atom stereocenters. The Bertz CT molecular complexity index is 1150. The van der Waals surface area contributed by atoms with Gasteiger partial charge in [-0.3, -0.25) is 4.79 Å². The number of esters is 1. The molecule has 0 amide bonds. The maximum Gasteiger partial charge on any atom is 0.316 e. The van der Waals surface area contributed by atoms with Gasteiger partial charge in [-0.05, 0) is 43.4 Å². The molecule has 5 rings (SSSR count). The Hall–Kier alpha value is -3.44. The van der Waals surface area contributed by atoms with Crippen molar-refractivity contribution in [3.63, 3.8) is 0 Å². The molecule has 2 aliphatic rings. The molecule has 2 atom stereocenters. The highest BCUT2D eigenvalue weighted by Crippen LogP contribution is 2.49. The van der Waals surface area contributed by atoms with Crippen molar-refractivity contribution in [3.05, 3.63) is 60.0 Å². The lowest BCUT2D eigenvalue weighted by Gasteiger charge is -2.22. The number of nitrogens with zero attached hydrogens (tertiary/aromatic N) is 4. The topological polar surface area (TPSA) is 116 Å². The standard InChI is InChI=1S/C22H21N5O3/c23-13-22(18-7-6-17-19(24)25-14-26-27(17)18)9-8-16(30-22)12-29-20(28)21(10-11-21)15-4-2-1-3-5-15/h1-7,14,16H,8-12H2,(H2,24,25,26). The molecule has 3 aromatic rings. The van der Waals surface area contributed by atoms with Gasteiger partial charge < -0.3 is 15.2 Å². The number of fused-ring (bicyclic) bond motifs is 1. The van der Waals surface area contributed by atoms with Gasteiger partial charge in [-0.25, -0.2) is 9.50 Å². The summed E-state index contributed by atoms with van der Waals surface area (Å²) in [6, 6.07) is 15.6. The van der Waals surface area contributed by atoms with Crippen molar-refractivity contribution in [2.75, 3.05) is 12.3 Å². The van der Waals surface area contributed by atoms with E-state index in [0.29, 0.717) is 29.9 Å². The van der Waals surface area contributed by atoms with E-state index < -0.39 is 11.0 Å². The number of hydrogen-bond donors (Lipinski definition) is 1. The van der Waals surface area contributed by atoms with Crippen LogP contribution in [-0.4, -0.2) is 33.3 Å². The van der Waals surface area contributed by atoms with Gasteiger partial charge in [0.15, 0.2) is 11.4 Å². The van der Waals surface area contributed by atoms with E-state index in [1.54, 1.807) is 16.6 Å². The predicted molar refractivity (Wildman–Crippen MR) is 107 cm³/mol. The first-order valence-electron chi connectivity index (χ1n) is 9.98. The van der Waals surface area contributed by atoms with Crippen LogP contribution < -0.4 is 5.73 Å². The lowest BCUT2D eigenvalue weighted by Crippen LogP contribution is -2.30. The van der Waals surface area contributed by atoms with E-state index in [1.165, 1.54) is 6.33 Å². The van der Waals surface area contributed by atoms with E-state index in [2.05, 4.69) is 16.2 Å². The van der Waals surface area contributed by atoms with E-state index in [9.17, 15) is 10.1 Å². The fraction of sp³-hybridized carbons (Fsp3) is 0.364. The van der Waals surface area contributed by atoms with Crippen LogP contribution in [0.15, 0.2) is 48.8 Å². The molecule has 1 aliphatic heterocycles. The number of nitrogen functional groups attached to an aromatic ring is 1. The fourth-order valence-electron chi connectivity index (χ4n) is 4.27. The molecule has 2 fully saturated rings. The largest absolute Gasteiger partial charge is 0.462 e. The summed E-state index contributed by atoms with van der Waals surface area (Å²) >= 11 is 0. The molecule has 1 saturated heterocycles. The number of ether oxygens (including phenoxy) is 2. The molecular weight excluding hydrogens is 382 g/mol. The third-order valence-corrected chi connectivity index (χ3v) is 6.13. The van der Waals surface area contributed by atoms with Crippen LogP contribution in [0.5, 0.6) is 0 Å². The second-order valence-electron chi connectivity index (χ2n) is 7.92. The summed E-state index contributed by atoms with van der Waals surface area (Å²) in [5.41, 5.74) is 6.43. The molecular formula is C22H21N5O3. The van der Waals surface area contributed by atoms with Gasteiger partial charge in [-0.15, -0.1) is 0 Å². The Morgan fingerprint density at radius 3 is 2.80 bits per heavy atom. The number of aromatic nitrogens is 3. The Morgan fingerprint density at radius 2 is 2.07 bits per heavy atom. The number of anilines is 1. The summed E-state index contributed by atoms with van der Waals surface area (Å²) in [4.78, 5) is 16.8. The highest BCUT2D eigenvalue weighted by molar-refractivity contribution is 5.86. The number of hydrogen-bond acceptors (Lipinski definition) is 7. The normalized spacial score (nSPS) is 24.4. The minimum Gasteiger partial charge on any atom is -0.462 e. The van der Waals surface area contributed by atoms with Gasteiger partial charge in [0.2, 0.25) is 0 Å². The van der Waals surface area contributed by atoms with Crippen molar-refractivity contribution < 1.29 is 14.3 Å². The molecule has 8 nitrogen and oxygen atoms in total. The molecule has 30 heavy (non-hydrogen) atoms. The van der Waals surface area contributed by atoms with Gasteiger partial charge in [0.25, 0.3) is 0 Å². The van der Waals surface area contributed by atoms with Gasteiger partial charge >= 0.3 is 5.97 Å². The fourth-order valence-corrected chi connectivity index (χ4v) is 4.27. The van der Waals surface area contributed by atoms with Crippen molar-refractivity contribution >= 4 is 17.3 Å². The van der Waals surface area contributed by atoms with E-state index in [0.717, 1.165) is 18.4 Å². The third kappa shape index (κ3) is 2.82. The molecule has 0 bridgehead atoms. The number of rotatable bonds is 5.